The van der Waals surface area contributed by atoms with Crippen LogP contribution in [0.3, 0.4) is 0 Å². The van der Waals surface area contributed by atoms with Gasteiger partial charge in [-0.2, -0.15) is 0 Å². The average Bonchev–Trinajstić information content (AvgIpc) is 3.14. The number of nitrogens with zero attached hydrogens (tertiary/aromatic N) is 1. The lowest BCUT2D eigenvalue weighted by Gasteiger charge is -2.19. The first-order chi connectivity index (χ1) is 14.5. The summed E-state index contributed by atoms with van der Waals surface area (Å²) in [7, 11) is 0. The van der Waals surface area contributed by atoms with E-state index >= 15 is 0 Å². The average molecular weight is 427 g/mol. The summed E-state index contributed by atoms with van der Waals surface area (Å²) >= 11 is 6.35. The molecule has 2 aliphatic rings. The highest BCUT2D eigenvalue weighted by atomic mass is 35.5. The lowest BCUT2D eigenvalue weighted by molar-refractivity contribution is -0.132. The van der Waals surface area contributed by atoms with Crippen molar-refractivity contribution in [3.63, 3.8) is 0 Å². The van der Waals surface area contributed by atoms with Gasteiger partial charge in [-0.05, 0) is 36.8 Å². The molecule has 1 unspecified atom stereocenters. The molecular weight excluding hydrogens is 408 g/mol. The van der Waals surface area contributed by atoms with E-state index in [1.165, 1.54) is 0 Å². The normalized spacial score (nSPS) is 21.1. The molecular formula is C22H19ClN2O5. The summed E-state index contributed by atoms with van der Waals surface area (Å²) in [6.45, 7) is 2.73. The molecule has 0 radical (unpaired) electrons. The molecule has 154 valence electrons. The van der Waals surface area contributed by atoms with Crippen molar-refractivity contribution >= 4 is 34.5 Å². The van der Waals surface area contributed by atoms with E-state index in [2.05, 4.69) is 5.32 Å². The molecule has 7 nitrogen and oxygen atoms in total. The van der Waals surface area contributed by atoms with Gasteiger partial charge < -0.3 is 19.2 Å². The minimum absolute atomic E-state index is 0.0524. The highest BCUT2D eigenvalue weighted by molar-refractivity contribution is 6.32. The van der Waals surface area contributed by atoms with Gasteiger partial charge in [-0.25, -0.2) is 4.79 Å². The summed E-state index contributed by atoms with van der Waals surface area (Å²) in [5.74, 6) is 1.00. The van der Waals surface area contributed by atoms with Crippen molar-refractivity contribution in [1.29, 1.82) is 0 Å². The van der Waals surface area contributed by atoms with Crippen LogP contribution in [-0.4, -0.2) is 30.1 Å². The number of fused-ring (bicyclic) bond motifs is 2. The number of furan rings is 1. The molecule has 30 heavy (non-hydrogen) atoms. The van der Waals surface area contributed by atoms with Crippen molar-refractivity contribution in [1.82, 2.24) is 10.2 Å². The van der Waals surface area contributed by atoms with Gasteiger partial charge in [0.05, 0.1) is 24.8 Å². The van der Waals surface area contributed by atoms with E-state index in [9.17, 15) is 9.59 Å². The Morgan fingerprint density at radius 3 is 2.77 bits per heavy atom. The second-order valence-corrected chi connectivity index (χ2v) is 7.96. The topological polar surface area (TPSA) is 81.0 Å². The predicted molar refractivity (Wildman–Crippen MR) is 110 cm³/mol. The molecule has 2 aliphatic heterocycles. The Labute approximate surface area is 177 Å². The fourth-order valence-corrected chi connectivity index (χ4v) is 4.08. The number of halogens is 1. The quantitative estimate of drug-likeness (QED) is 0.634. The van der Waals surface area contributed by atoms with Gasteiger partial charge in [-0.1, -0.05) is 29.8 Å². The Morgan fingerprint density at radius 2 is 1.93 bits per heavy atom. The minimum Gasteiger partial charge on any atom is -0.489 e. The number of hydrogen-bond acceptors (Lipinski definition) is 5. The van der Waals surface area contributed by atoms with Crippen LogP contribution in [0, 0.1) is 0 Å². The Balaban J connectivity index is 1.45. The Kier molecular flexibility index (Phi) is 4.36. The third kappa shape index (κ3) is 2.97. The Bertz CT molecular complexity index is 1140. The molecule has 3 heterocycles. The summed E-state index contributed by atoms with van der Waals surface area (Å²) < 4.78 is 17.2. The number of carbonyl (C=O) groups is 2. The maximum Gasteiger partial charge on any atom is 0.325 e. The lowest BCUT2D eigenvalue weighted by Crippen LogP contribution is -2.40. The molecule has 1 N–H and O–H groups in total. The van der Waals surface area contributed by atoms with Crippen LogP contribution in [-0.2, 0) is 16.9 Å². The molecule has 1 saturated heterocycles. The van der Waals surface area contributed by atoms with Crippen LogP contribution in [0.15, 0.2) is 46.9 Å². The fraction of sp³-hybridized carbons (Fsp3) is 0.273. The second-order valence-electron chi connectivity index (χ2n) is 7.55. The molecule has 0 aliphatic carbocycles. The number of ether oxygens (including phenoxy) is 2. The maximum atomic E-state index is 13.2. The Morgan fingerprint density at radius 1 is 1.13 bits per heavy atom. The summed E-state index contributed by atoms with van der Waals surface area (Å²) in [6, 6.07) is 12.2. The van der Waals surface area contributed by atoms with Crippen molar-refractivity contribution in [2.75, 3.05) is 13.2 Å². The molecule has 0 bridgehead atoms. The van der Waals surface area contributed by atoms with Gasteiger partial charge in [0.25, 0.3) is 5.91 Å². The molecule has 0 saturated carbocycles. The van der Waals surface area contributed by atoms with Crippen LogP contribution in [0.4, 0.5) is 4.79 Å². The number of carbonyl (C=O) groups excluding carboxylic acids is 2. The van der Waals surface area contributed by atoms with E-state index < -0.39 is 17.5 Å². The van der Waals surface area contributed by atoms with Gasteiger partial charge >= 0.3 is 6.03 Å². The van der Waals surface area contributed by atoms with Crippen molar-refractivity contribution < 1.29 is 23.5 Å². The highest BCUT2D eigenvalue weighted by Crippen LogP contribution is 2.39. The molecule has 0 spiro atoms. The number of benzene rings is 2. The van der Waals surface area contributed by atoms with Crippen molar-refractivity contribution in [3.8, 4) is 11.5 Å². The molecule has 8 heteroatoms. The molecule has 3 amide bonds. The number of urea groups is 1. The van der Waals surface area contributed by atoms with Gasteiger partial charge in [0, 0.05) is 11.8 Å². The van der Waals surface area contributed by atoms with Crippen molar-refractivity contribution in [2.24, 2.45) is 0 Å². The highest BCUT2D eigenvalue weighted by Gasteiger charge is 2.51. The van der Waals surface area contributed by atoms with E-state index in [1.807, 2.05) is 24.3 Å². The number of para-hydroxylation sites is 1. The largest absolute Gasteiger partial charge is 0.489 e. The predicted octanol–water partition coefficient (Wildman–Crippen LogP) is 4.21. The number of rotatable bonds is 3. The first-order valence-corrected chi connectivity index (χ1v) is 10.0. The van der Waals surface area contributed by atoms with Crippen LogP contribution >= 0.6 is 11.6 Å². The third-order valence-corrected chi connectivity index (χ3v) is 5.68. The smallest absolute Gasteiger partial charge is 0.325 e. The van der Waals surface area contributed by atoms with E-state index in [0.717, 1.165) is 16.7 Å². The summed E-state index contributed by atoms with van der Waals surface area (Å²) in [5.41, 5.74) is 0.0380. The summed E-state index contributed by atoms with van der Waals surface area (Å²) in [5, 5.41) is 4.02. The molecule has 5 rings (SSSR count). The molecule has 3 aromatic rings. The van der Waals surface area contributed by atoms with Crippen LogP contribution < -0.4 is 14.8 Å². The number of nitrogens with one attached hydrogen (secondary N) is 1. The SMILES string of the molecule is CC1(c2cc3ccccc3o2)NC(=O)N(Cc2cc(Cl)c3c(c2)OCCCO3)C1=O. The third-order valence-electron chi connectivity index (χ3n) is 5.40. The molecule has 1 atom stereocenters. The number of hydrogen-bond donors (Lipinski definition) is 1. The monoisotopic (exact) mass is 426 g/mol. The van der Waals surface area contributed by atoms with E-state index in [1.54, 1.807) is 25.1 Å². The second kappa shape index (κ2) is 6.95. The van der Waals surface area contributed by atoms with E-state index in [0.29, 0.717) is 46.6 Å². The maximum absolute atomic E-state index is 13.2. The molecule has 2 aromatic carbocycles. The summed E-state index contributed by atoms with van der Waals surface area (Å²) in [6.07, 6.45) is 0.753. The van der Waals surface area contributed by atoms with Gasteiger partial charge in [0.1, 0.15) is 11.3 Å². The van der Waals surface area contributed by atoms with Crippen LogP contribution in [0.25, 0.3) is 11.0 Å². The van der Waals surface area contributed by atoms with Crippen molar-refractivity contribution in [3.05, 3.63) is 58.8 Å². The number of amides is 3. The number of imide groups is 1. The van der Waals surface area contributed by atoms with Crippen LogP contribution in [0.2, 0.25) is 5.02 Å². The first kappa shape index (κ1) is 18.8. The fourth-order valence-electron chi connectivity index (χ4n) is 3.79. The summed E-state index contributed by atoms with van der Waals surface area (Å²) in [4.78, 5) is 27.1. The Hall–Kier alpha value is -3.19. The van der Waals surface area contributed by atoms with Crippen LogP contribution in [0.5, 0.6) is 11.5 Å². The van der Waals surface area contributed by atoms with Gasteiger partial charge in [-0.15, -0.1) is 0 Å². The van der Waals surface area contributed by atoms with E-state index in [4.69, 9.17) is 25.5 Å². The first-order valence-electron chi connectivity index (χ1n) is 9.67. The van der Waals surface area contributed by atoms with Crippen molar-refractivity contribution in [2.45, 2.75) is 25.4 Å². The zero-order chi connectivity index (χ0) is 20.9. The van der Waals surface area contributed by atoms with Gasteiger partial charge in [0.2, 0.25) is 0 Å². The van der Waals surface area contributed by atoms with Gasteiger partial charge in [0.15, 0.2) is 17.0 Å². The van der Waals surface area contributed by atoms with E-state index in [-0.39, 0.29) is 6.54 Å². The molecule has 1 fully saturated rings. The zero-order valence-electron chi connectivity index (χ0n) is 16.2. The molecule has 1 aromatic heterocycles. The standard InChI is InChI=1S/C22H19ClN2O5/c1-22(18-11-14-5-2-3-6-16(14)30-18)20(26)25(21(27)24-22)12-13-9-15(23)19-17(10-13)28-7-4-8-29-19/h2-3,5-6,9-11H,4,7-8,12H2,1H3,(H,24,27). The van der Waals surface area contributed by atoms with Crippen LogP contribution in [0.1, 0.15) is 24.7 Å². The zero-order valence-corrected chi connectivity index (χ0v) is 17.0. The lowest BCUT2D eigenvalue weighted by atomic mass is 9.98. The van der Waals surface area contributed by atoms with Gasteiger partial charge in [-0.3, -0.25) is 9.69 Å². The minimum atomic E-state index is -1.29.